The Morgan fingerprint density at radius 2 is 1.85 bits per heavy atom. The van der Waals surface area contributed by atoms with Crippen LogP contribution in [0.15, 0.2) is 48.6 Å². The zero-order chi connectivity index (χ0) is 8.67. The lowest BCUT2D eigenvalue weighted by molar-refractivity contribution is 0.738. The van der Waals surface area contributed by atoms with Crippen molar-refractivity contribution in [3.8, 4) is 0 Å². The molecule has 0 fully saturated rings. The molecule has 2 unspecified atom stereocenters. The van der Waals surface area contributed by atoms with Crippen molar-refractivity contribution in [2.75, 3.05) is 0 Å². The van der Waals surface area contributed by atoms with Gasteiger partial charge in [0.2, 0.25) is 0 Å². The summed E-state index contributed by atoms with van der Waals surface area (Å²) in [5, 5.41) is 0. The highest BCUT2D eigenvalue weighted by atomic mass is 14.3. The van der Waals surface area contributed by atoms with E-state index in [1.165, 1.54) is 17.6 Å². The van der Waals surface area contributed by atoms with Crippen LogP contribution in [0.2, 0.25) is 0 Å². The first-order valence-corrected chi connectivity index (χ1v) is 4.89. The van der Waals surface area contributed by atoms with Crippen molar-refractivity contribution in [2.45, 2.75) is 6.42 Å². The third-order valence-electron chi connectivity index (χ3n) is 3.02. The molecule has 1 aromatic rings. The van der Waals surface area contributed by atoms with Gasteiger partial charge in [-0.1, -0.05) is 48.6 Å². The third-order valence-corrected chi connectivity index (χ3v) is 3.02. The molecule has 0 nitrogen and oxygen atoms in total. The molecule has 0 saturated carbocycles. The van der Waals surface area contributed by atoms with E-state index in [0.29, 0.717) is 5.92 Å². The fourth-order valence-corrected chi connectivity index (χ4v) is 2.38. The van der Waals surface area contributed by atoms with E-state index in [-0.39, 0.29) is 0 Å². The largest absolute Gasteiger partial charge is 0.0810 e. The molecule has 2 aliphatic carbocycles. The first-order valence-electron chi connectivity index (χ1n) is 4.89. The first-order chi connectivity index (χ1) is 6.43. The molecule has 3 rings (SSSR count). The minimum Gasteiger partial charge on any atom is -0.0810 e. The maximum Gasteiger partial charge on any atom is 0.00297 e. The maximum absolute atomic E-state index is 2.42. The molecule has 0 radical (unpaired) electrons. The lowest BCUT2D eigenvalue weighted by Crippen LogP contribution is -1.92. The molecule has 2 bridgehead atoms. The average Bonchev–Trinajstić information content (AvgIpc) is 2.80. The van der Waals surface area contributed by atoms with Gasteiger partial charge in [-0.05, 0) is 23.5 Å². The molecular weight excluding hydrogens is 156 g/mol. The summed E-state index contributed by atoms with van der Waals surface area (Å²) in [5.74, 6) is 1.42. The van der Waals surface area contributed by atoms with Crippen molar-refractivity contribution in [3.05, 3.63) is 54.1 Å². The van der Waals surface area contributed by atoms with Gasteiger partial charge in [0.15, 0.2) is 0 Å². The Hall–Kier alpha value is -1.30. The van der Waals surface area contributed by atoms with Crippen LogP contribution < -0.4 is 0 Å². The zero-order valence-electron chi connectivity index (χ0n) is 7.48. The number of hydrogen-bond donors (Lipinski definition) is 0. The molecule has 13 heavy (non-hydrogen) atoms. The fourth-order valence-electron chi connectivity index (χ4n) is 2.38. The number of fused-ring (bicyclic) bond motifs is 2. The summed E-state index contributed by atoms with van der Waals surface area (Å²) in [5.41, 5.74) is 2.94. The number of benzene rings is 1. The minimum absolute atomic E-state index is 0.701. The van der Waals surface area contributed by atoms with Crippen LogP contribution in [0.1, 0.15) is 12.0 Å². The lowest BCUT2D eigenvalue weighted by Gasteiger charge is -2.09. The Morgan fingerprint density at radius 3 is 2.46 bits per heavy atom. The highest BCUT2D eigenvalue weighted by Crippen LogP contribution is 2.42. The van der Waals surface area contributed by atoms with E-state index in [9.17, 15) is 0 Å². The molecule has 0 N–H and O–H groups in total. The molecule has 0 heterocycles. The summed E-state index contributed by atoms with van der Waals surface area (Å²) in [6.45, 7) is 0. The average molecular weight is 168 g/mol. The van der Waals surface area contributed by atoms with Crippen molar-refractivity contribution in [2.24, 2.45) is 11.8 Å². The summed E-state index contributed by atoms with van der Waals surface area (Å²) >= 11 is 0. The van der Waals surface area contributed by atoms with Crippen molar-refractivity contribution < 1.29 is 0 Å². The summed E-state index contributed by atoms with van der Waals surface area (Å²) in [7, 11) is 0. The van der Waals surface area contributed by atoms with Gasteiger partial charge >= 0.3 is 0 Å². The summed E-state index contributed by atoms with van der Waals surface area (Å²) in [6.07, 6.45) is 8.41. The van der Waals surface area contributed by atoms with E-state index in [0.717, 1.165) is 5.92 Å². The minimum atomic E-state index is 0.701. The first kappa shape index (κ1) is 7.14. The molecular formula is C13H12. The summed E-state index contributed by atoms with van der Waals surface area (Å²) < 4.78 is 0. The van der Waals surface area contributed by atoms with Gasteiger partial charge in [-0.25, -0.2) is 0 Å². The van der Waals surface area contributed by atoms with Gasteiger partial charge in [0.25, 0.3) is 0 Å². The van der Waals surface area contributed by atoms with Crippen LogP contribution >= 0.6 is 0 Å². The predicted molar refractivity (Wildman–Crippen MR) is 55.2 cm³/mol. The Labute approximate surface area is 78.6 Å². The number of hydrogen-bond acceptors (Lipinski definition) is 0. The monoisotopic (exact) mass is 168 g/mol. The van der Waals surface area contributed by atoms with E-state index in [2.05, 4.69) is 48.6 Å². The quantitative estimate of drug-likeness (QED) is 0.564. The molecule has 0 aliphatic heterocycles. The van der Waals surface area contributed by atoms with E-state index in [1.54, 1.807) is 0 Å². The molecule has 0 heteroatoms. The van der Waals surface area contributed by atoms with Gasteiger partial charge in [0.05, 0.1) is 0 Å². The van der Waals surface area contributed by atoms with Crippen LogP contribution in [0.5, 0.6) is 0 Å². The van der Waals surface area contributed by atoms with Crippen molar-refractivity contribution in [3.63, 3.8) is 0 Å². The van der Waals surface area contributed by atoms with Gasteiger partial charge in [-0.2, -0.15) is 0 Å². The third kappa shape index (κ3) is 1.06. The molecule has 1 aromatic carbocycles. The van der Waals surface area contributed by atoms with Crippen molar-refractivity contribution >= 4 is 5.57 Å². The predicted octanol–water partition coefficient (Wildman–Crippen LogP) is 3.28. The molecule has 2 aliphatic rings. The number of allylic oxidation sites excluding steroid dienone is 4. The highest BCUT2D eigenvalue weighted by Gasteiger charge is 2.28. The molecule has 0 aromatic heterocycles. The molecule has 2 atom stereocenters. The van der Waals surface area contributed by atoms with Crippen LogP contribution in [0, 0.1) is 11.8 Å². The Balaban J connectivity index is 2.01. The van der Waals surface area contributed by atoms with Gasteiger partial charge in [0.1, 0.15) is 0 Å². The second-order valence-electron chi connectivity index (χ2n) is 3.88. The Morgan fingerprint density at radius 1 is 1.00 bits per heavy atom. The second kappa shape index (κ2) is 2.59. The maximum atomic E-state index is 2.42. The lowest BCUT2D eigenvalue weighted by atomic mass is 9.96. The van der Waals surface area contributed by atoms with E-state index < -0.39 is 0 Å². The topological polar surface area (TPSA) is 0 Å². The van der Waals surface area contributed by atoms with Gasteiger partial charge < -0.3 is 0 Å². The van der Waals surface area contributed by atoms with Crippen molar-refractivity contribution in [1.29, 1.82) is 0 Å². The zero-order valence-corrected chi connectivity index (χ0v) is 7.48. The SMILES string of the molecule is C1=CC2CC1C=C2c1ccccc1. The Bertz CT molecular complexity index is 370. The molecule has 0 amide bonds. The number of rotatable bonds is 1. The van der Waals surface area contributed by atoms with Crippen LogP contribution in [0.3, 0.4) is 0 Å². The smallest absolute Gasteiger partial charge is 0.00297 e. The van der Waals surface area contributed by atoms with Gasteiger partial charge in [0, 0.05) is 5.92 Å². The standard InChI is InChI=1S/C13H12/c1-2-4-11(5-3-1)13-9-10-6-7-12(13)8-10/h1-7,9-10,12H,8H2. The van der Waals surface area contributed by atoms with Crippen molar-refractivity contribution in [1.82, 2.24) is 0 Å². The van der Waals surface area contributed by atoms with E-state index >= 15 is 0 Å². The normalized spacial score (nSPS) is 29.4. The van der Waals surface area contributed by atoms with Crippen LogP contribution in [-0.4, -0.2) is 0 Å². The Kier molecular flexibility index (Phi) is 1.42. The van der Waals surface area contributed by atoms with Gasteiger partial charge in [-0.3, -0.25) is 0 Å². The van der Waals surface area contributed by atoms with Crippen LogP contribution in [0.4, 0.5) is 0 Å². The molecule has 64 valence electrons. The second-order valence-corrected chi connectivity index (χ2v) is 3.88. The van der Waals surface area contributed by atoms with Crippen LogP contribution in [0.25, 0.3) is 5.57 Å². The highest BCUT2D eigenvalue weighted by molar-refractivity contribution is 5.73. The molecule has 0 saturated heterocycles. The van der Waals surface area contributed by atoms with Crippen LogP contribution in [-0.2, 0) is 0 Å². The van der Waals surface area contributed by atoms with Gasteiger partial charge in [-0.15, -0.1) is 0 Å². The van der Waals surface area contributed by atoms with E-state index in [4.69, 9.17) is 0 Å². The summed E-state index contributed by atoms with van der Waals surface area (Å²) in [4.78, 5) is 0. The summed E-state index contributed by atoms with van der Waals surface area (Å²) in [6, 6.07) is 10.7. The van der Waals surface area contributed by atoms with E-state index in [1.807, 2.05) is 0 Å². The fraction of sp³-hybridized carbons (Fsp3) is 0.231. The molecule has 0 spiro atoms.